The molecule has 1 aliphatic rings. The highest BCUT2D eigenvalue weighted by Crippen LogP contribution is 2.16. The Kier molecular flexibility index (Phi) is 4.90. The molecule has 0 spiro atoms. The number of Topliss-reactive ketones (excluding diaryl/α,β-unsaturated/α-hetero) is 1. The van der Waals surface area contributed by atoms with Crippen LogP contribution >= 0.6 is 0 Å². The maximum absolute atomic E-state index is 12.0. The number of hydrogen-bond donors (Lipinski definition) is 0. The minimum absolute atomic E-state index is 0.241. The molecule has 0 aliphatic carbocycles. The lowest BCUT2D eigenvalue weighted by molar-refractivity contribution is 0.0966. The monoisotopic (exact) mass is 247 g/mol. The molecule has 0 amide bonds. The summed E-state index contributed by atoms with van der Waals surface area (Å²) in [5, 5.41) is 0. The van der Waals surface area contributed by atoms with Crippen LogP contribution in [-0.4, -0.2) is 44.0 Å². The average Bonchev–Trinajstić information content (AvgIpc) is 2.85. The molecule has 3 nitrogen and oxygen atoms in total. The summed E-state index contributed by atoms with van der Waals surface area (Å²) in [5.41, 5.74) is 0.824. The van der Waals surface area contributed by atoms with E-state index >= 15 is 0 Å². The normalized spacial score (nSPS) is 20.2. The van der Waals surface area contributed by atoms with Crippen LogP contribution in [0.2, 0.25) is 0 Å². The van der Waals surface area contributed by atoms with Crippen molar-refractivity contribution in [2.45, 2.75) is 12.8 Å². The maximum Gasteiger partial charge on any atom is 0.164 e. The first-order chi connectivity index (χ1) is 8.79. The molecule has 0 saturated carbocycles. The van der Waals surface area contributed by atoms with Crippen LogP contribution in [0.15, 0.2) is 30.3 Å². The zero-order valence-corrected chi connectivity index (χ0v) is 11.0. The summed E-state index contributed by atoms with van der Waals surface area (Å²) in [6.07, 6.45) is 1.80. The SMILES string of the molecule is COCC1CCN(CCC(=O)c2ccccc2)C1. The summed E-state index contributed by atoms with van der Waals surface area (Å²) in [5.74, 6) is 0.882. The van der Waals surface area contributed by atoms with Gasteiger partial charge in [-0.1, -0.05) is 30.3 Å². The van der Waals surface area contributed by atoms with E-state index in [0.29, 0.717) is 12.3 Å². The van der Waals surface area contributed by atoms with Crippen LogP contribution in [0.5, 0.6) is 0 Å². The van der Waals surface area contributed by atoms with Crippen LogP contribution in [0.3, 0.4) is 0 Å². The van der Waals surface area contributed by atoms with Crippen molar-refractivity contribution in [2.75, 3.05) is 33.4 Å². The third kappa shape index (κ3) is 3.65. The molecule has 0 bridgehead atoms. The number of carbonyl (C=O) groups is 1. The molecule has 0 radical (unpaired) electrons. The number of hydrogen-bond acceptors (Lipinski definition) is 3. The third-order valence-corrected chi connectivity index (χ3v) is 3.52. The number of ether oxygens (including phenoxy) is 1. The van der Waals surface area contributed by atoms with Crippen LogP contribution in [0.25, 0.3) is 0 Å². The van der Waals surface area contributed by atoms with Crippen molar-refractivity contribution in [3.8, 4) is 0 Å². The molecule has 1 atom stereocenters. The van der Waals surface area contributed by atoms with Gasteiger partial charge in [-0.25, -0.2) is 0 Å². The Labute approximate surface area is 109 Å². The van der Waals surface area contributed by atoms with E-state index in [0.717, 1.165) is 31.8 Å². The number of carbonyl (C=O) groups excluding carboxylic acids is 1. The molecule has 18 heavy (non-hydrogen) atoms. The van der Waals surface area contributed by atoms with Crippen molar-refractivity contribution >= 4 is 5.78 Å². The Bertz CT molecular complexity index is 377. The second-order valence-corrected chi connectivity index (χ2v) is 4.95. The molecule has 0 aromatic heterocycles. The molecule has 98 valence electrons. The van der Waals surface area contributed by atoms with Gasteiger partial charge < -0.3 is 9.64 Å². The standard InChI is InChI=1S/C15H21NO2/c1-18-12-13-7-9-16(11-13)10-8-15(17)14-5-3-2-4-6-14/h2-6,13H,7-12H2,1H3. The first-order valence-electron chi connectivity index (χ1n) is 6.59. The first kappa shape index (κ1) is 13.2. The predicted octanol–water partition coefficient (Wildman–Crippen LogP) is 2.23. The summed E-state index contributed by atoms with van der Waals surface area (Å²) in [4.78, 5) is 14.3. The van der Waals surface area contributed by atoms with Gasteiger partial charge in [0.1, 0.15) is 0 Å². The topological polar surface area (TPSA) is 29.5 Å². The van der Waals surface area contributed by atoms with Gasteiger partial charge in [-0.3, -0.25) is 4.79 Å². The quantitative estimate of drug-likeness (QED) is 0.722. The van der Waals surface area contributed by atoms with Crippen LogP contribution in [0.4, 0.5) is 0 Å². The Balaban J connectivity index is 1.74. The van der Waals surface area contributed by atoms with E-state index in [1.807, 2.05) is 30.3 Å². The maximum atomic E-state index is 12.0. The summed E-state index contributed by atoms with van der Waals surface area (Å²) >= 11 is 0. The summed E-state index contributed by atoms with van der Waals surface area (Å²) < 4.78 is 5.18. The second-order valence-electron chi connectivity index (χ2n) is 4.95. The van der Waals surface area contributed by atoms with Crippen LogP contribution in [0, 0.1) is 5.92 Å². The van der Waals surface area contributed by atoms with Gasteiger partial charge in [0.15, 0.2) is 5.78 Å². The van der Waals surface area contributed by atoms with Gasteiger partial charge in [-0.15, -0.1) is 0 Å². The zero-order chi connectivity index (χ0) is 12.8. The summed E-state index contributed by atoms with van der Waals surface area (Å²) in [6, 6.07) is 9.54. The Morgan fingerprint density at radius 2 is 2.17 bits per heavy atom. The molecule has 2 rings (SSSR count). The third-order valence-electron chi connectivity index (χ3n) is 3.52. The molecule has 0 N–H and O–H groups in total. The van der Waals surface area contributed by atoms with Crippen LogP contribution in [-0.2, 0) is 4.74 Å². The Morgan fingerprint density at radius 1 is 1.39 bits per heavy atom. The lowest BCUT2D eigenvalue weighted by Crippen LogP contribution is -2.24. The van der Waals surface area contributed by atoms with Crippen molar-refractivity contribution < 1.29 is 9.53 Å². The Hall–Kier alpha value is -1.19. The van der Waals surface area contributed by atoms with Crippen molar-refractivity contribution in [1.29, 1.82) is 0 Å². The molecule has 1 saturated heterocycles. The van der Waals surface area contributed by atoms with E-state index < -0.39 is 0 Å². The second kappa shape index (κ2) is 6.66. The largest absolute Gasteiger partial charge is 0.384 e. The lowest BCUT2D eigenvalue weighted by atomic mass is 10.1. The minimum atomic E-state index is 0.241. The molecular formula is C15H21NO2. The number of rotatable bonds is 6. The van der Waals surface area contributed by atoms with Gasteiger partial charge in [-0.2, -0.15) is 0 Å². The molecule has 1 aromatic rings. The highest BCUT2D eigenvalue weighted by molar-refractivity contribution is 5.96. The van der Waals surface area contributed by atoms with Crippen molar-refractivity contribution in [3.63, 3.8) is 0 Å². The van der Waals surface area contributed by atoms with E-state index in [9.17, 15) is 4.79 Å². The summed E-state index contributed by atoms with van der Waals surface area (Å²) in [7, 11) is 1.75. The first-order valence-corrected chi connectivity index (χ1v) is 6.59. The molecule has 1 aliphatic heterocycles. The minimum Gasteiger partial charge on any atom is -0.384 e. The van der Waals surface area contributed by atoms with Gasteiger partial charge >= 0.3 is 0 Å². The fourth-order valence-corrected chi connectivity index (χ4v) is 2.52. The van der Waals surface area contributed by atoms with Crippen LogP contribution < -0.4 is 0 Å². The van der Waals surface area contributed by atoms with Gasteiger partial charge in [0.2, 0.25) is 0 Å². The fraction of sp³-hybridized carbons (Fsp3) is 0.533. The molecule has 1 unspecified atom stereocenters. The van der Waals surface area contributed by atoms with Crippen LogP contribution in [0.1, 0.15) is 23.2 Å². The zero-order valence-electron chi connectivity index (χ0n) is 11.0. The fourth-order valence-electron chi connectivity index (χ4n) is 2.52. The van der Waals surface area contributed by atoms with Gasteiger partial charge in [-0.05, 0) is 18.9 Å². The Morgan fingerprint density at radius 3 is 2.89 bits per heavy atom. The number of methoxy groups -OCH3 is 1. The molecular weight excluding hydrogens is 226 g/mol. The highest BCUT2D eigenvalue weighted by atomic mass is 16.5. The number of nitrogens with zero attached hydrogens (tertiary/aromatic N) is 1. The van der Waals surface area contributed by atoms with E-state index in [-0.39, 0.29) is 5.78 Å². The molecule has 3 heteroatoms. The summed E-state index contributed by atoms with van der Waals surface area (Å²) in [6.45, 7) is 3.86. The van der Waals surface area contributed by atoms with Crippen molar-refractivity contribution in [2.24, 2.45) is 5.92 Å². The van der Waals surface area contributed by atoms with Gasteiger partial charge in [0.25, 0.3) is 0 Å². The lowest BCUT2D eigenvalue weighted by Gasteiger charge is -2.15. The van der Waals surface area contributed by atoms with E-state index in [4.69, 9.17) is 4.74 Å². The van der Waals surface area contributed by atoms with Gasteiger partial charge in [0, 0.05) is 32.2 Å². The number of ketones is 1. The average molecular weight is 247 g/mol. The van der Waals surface area contributed by atoms with Gasteiger partial charge in [0.05, 0.1) is 6.61 Å². The van der Waals surface area contributed by atoms with Crippen molar-refractivity contribution in [3.05, 3.63) is 35.9 Å². The highest BCUT2D eigenvalue weighted by Gasteiger charge is 2.22. The number of benzene rings is 1. The van der Waals surface area contributed by atoms with E-state index in [2.05, 4.69) is 4.90 Å². The van der Waals surface area contributed by atoms with E-state index in [1.165, 1.54) is 6.42 Å². The number of likely N-dealkylation sites (tertiary alicyclic amines) is 1. The van der Waals surface area contributed by atoms with E-state index in [1.54, 1.807) is 7.11 Å². The molecule has 1 heterocycles. The smallest absolute Gasteiger partial charge is 0.164 e. The van der Waals surface area contributed by atoms with Crippen molar-refractivity contribution in [1.82, 2.24) is 4.90 Å². The molecule has 1 aromatic carbocycles. The molecule has 1 fully saturated rings. The predicted molar refractivity (Wildman–Crippen MR) is 71.8 cm³/mol.